The molecule has 0 spiro atoms. The molecule has 170 valence electrons. The molecule has 3 aromatic carbocycles. The summed E-state index contributed by atoms with van der Waals surface area (Å²) in [5, 5.41) is 4.84. The van der Waals surface area contributed by atoms with Gasteiger partial charge in [0.1, 0.15) is 12.4 Å². The van der Waals surface area contributed by atoms with E-state index in [9.17, 15) is 0 Å². The molecule has 6 heteroatoms. The topological polar surface area (TPSA) is 64.7 Å². The molecule has 0 bridgehead atoms. The summed E-state index contributed by atoms with van der Waals surface area (Å²) in [5.41, 5.74) is 5.78. The number of rotatable bonds is 7. The lowest BCUT2D eigenvalue weighted by Crippen LogP contribution is -2.30. The number of benzene rings is 3. The second-order valence-electron chi connectivity index (χ2n) is 8.09. The van der Waals surface area contributed by atoms with E-state index in [0.717, 1.165) is 41.1 Å². The van der Waals surface area contributed by atoms with Gasteiger partial charge in [-0.3, -0.25) is 0 Å². The first kappa shape index (κ1) is 21.2. The fraction of sp³-hybridized carbons (Fsp3) is 0.259. The Bertz CT molecular complexity index is 1240. The lowest BCUT2D eigenvalue weighted by Gasteiger charge is -2.26. The number of fused-ring (bicyclic) bond motifs is 3. The van der Waals surface area contributed by atoms with Crippen LogP contribution in [0.1, 0.15) is 28.4 Å². The van der Waals surface area contributed by atoms with Crippen molar-refractivity contribution in [1.82, 2.24) is 10.3 Å². The Morgan fingerprint density at radius 2 is 1.64 bits per heavy atom. The van der Waals surface area contributed by atoms with Crippen molar-refractivity contribution in [3.05, 3.63) is 83.0 Å². The van der Waals surface area contributed by atoms with Crippen LogP contribution in [0.4, 0.5) is 0 Å². The van der Waals surface area contributed by atoms with Gasteiger partial charge in [0, 0.05) is 23.1 Å². The average molecular weight is 445 g/mol. The van der Waals surface area contributed by atoms with Crippen molar-refractivity contribution in [3.63, 3.8) is 0 Å². The summed E-state index contributed by atoms with van der Waals surface area (Å²) in [5.74, 6) is 2.76. The van der Waals surface area contributed by atoms with E-state index in [4.69, 9.17) is 18.9 Å². The van der Waals surface area contributed by atoms with Crippen LogP contribution in [0, 0.1) is 0 Å². The molecule has 1 atom stereocenters. The van der Waals surface area contributed by atoms with E-state index in [0.29, 0.717) is 23.9 Å². The third-order valence-electron chi connectivity index (χ3n) is 6.19. The number of aromatic nitrogens is 1. The van der Waals surface area contributed by atoms with E-state index >= 15 is 0 Å². The summed E-state index contributed by atoms with van der Waals surface area (Å²) < 4.78 is 22.7. The van der Waals surface area contributed by atoms with E-state index < -0.39 is 0 Å². The van der Waals surface area contributed by atoms with Crippen LogP contribution >= 0.6 is 0 Å². The zero-order valence-electron chi connectivity index (χ0n) is 19.1. The van der Waals surface area contributed by atoms with Crippen LogP contribution in [0.3, 0.4) is 0 Å². The maximum Gasteiger partial charge on any atom is 0.203 e. The van der Waals surface area contributed by atoms with Crippen molar-refractivity contribution in [1.29, 1.82) is 0 Å². The second-order valence-corrected chi connectivity index (χ2v) is 8.09. The molecule has 6 nitrogen and oxygen atoms in total. The first-order chi connectivity index (χ1) is 16.2. The van der Waals surface area contributed by atoms with Gasteiger partial charge in [-0.15, -0.1) is 0 Å². The van der Waals surface area contributed by atoms with Gasteiger partial charge in [-0.1, -0.05) is 30.3 Å². The SMILES string of the molecule is COc1cc([C@H]2NCCc3c2[nH]c2ccc(OCc4ccccc4)cc32)cc(OC)c1OC. The zero-order valence-corrected chi connectivity index (χ0v) is 19.1. The van der Waals surface area contributed by atoms with E-state index in [1.807, 2.05) is 36.4 Å². The summed E-state index contributed by atoms with van der Waals surface area (Å²) in [4.78, 5) is 3.64. The highest BCUT2D eigenvalue weighted by Gasteiger charge is 2.27. The van der Waals surface area contributed by atoms with Gasteiger partial charge in [-0.2, -0.15) is 0 Å². The van der Waals surface area contributed by atoms with Gasteiger partial charge < -0.3 is 29.2 Å². The van der Waals surface area contributed by atoms with E-state index in [1.54, 1.807) is 21.3 Å². The summed E-state index contributed by atoms with van der Waals surface area (Å²) in [7, 11) is 4.90. The van der Waals surface area contributed by atoms with Crippen LogP contribution in [0.25, 0.3) is 10.9 Å². The fourth-order valence-electron chi connectivity index (χ4n) is 4.59. The van der Waals surface area contributed by atoms with Crippen molar-refractivity contribution >= 4 is 10.9 Å². The smallest absolute Gasteiger partial charge is 0.203 e. The minimum Gasteiger partial charge on any atom is -0.493 e. The van der Waals surface area contributed by atoms with Gasteiger partial charge in [0.15, 0.2) is 11.5 Å². The molecule has 4 aromatic rings. The highest BCUT2D eigenvalue weighted by atomic mass is 16.5. The number of H-pyrrole nitrogens is 1. The van der Waals surface area contributed by atoms with Gasteiger partial charge in [0.2, 0.25) is 5.75 Å². The summed E-state index contributed by atoms with van der Waals surface area (Å²) in [6.45, 7) is 1.42. The molecule has 2 heterocycles. The number of nitrogens with one attached hydrogen (secondary N) is 2. The summed E-state index contributed by atoms with van der Waals surface area (Å²) in [6, 6.07) is 20.5. The Morgan fingerprint density at radius 3 is 2.33 bits per heavy atom. The molecule has 0 saturated carbocycles. The van der Waals surface area contributed by atoms with Crippen molar-refractivity contribution in [2.24, 2.45) is 0 Å². The number of hydrogen-bond donors (Lipinski definition) is 2. The van der Waals surface area contributed by atoms with Gasteiger partial charge in [0.05, 0.1) is 27.4 Å². The molecule has 1 aliphatic rings. The molecule has 0 amide bonds. The molecule has 33 heavy (non-hydrogen) atoms. The highest BCUT2D eigenvalue weighted by Crippen LogP contribution is 2.42. The minimum absolute atomic E-state index is 0.0106. The van der Waals surface area contributed by atoms with Crippen LogP contribution < -0.4 is 24.3 Å². The Labute approximate surface area is 193 Å². The van der Waals surface area contributed by atoms with Gasteiger partial charge >= 0.3 is 0 Å². The molecule has 0 saturated heterocycles. The van der Waals surface area contributed by atoms with Crippen LogP contribution in [0.2, 0.25) is 0 Å². The molecule has 0 aliphatic carbocycles. The van der Waals surface area contributed by atoms with Crippen LogP contribution in [-0.4, -0.2) is 32.9 Å². The van der Waals surface area contributed by atoms with Gasteiger partial charge in [-0.05, 0) is 53.4 Å². The maximum absolute atomic E-state index is 6.08. The summed E-state index contributed by atoms with van der Waals surface area (Å²) in [6.07, 6.45) is 0.943. The number of ether oxygens (including phenoxy) is 4. The van der Waals surface area contributed by atoms with E-state index in [1.165, 1.54) is 10.9 Å². The van der Waals surface area contributed by atoms with Crippen molar-refractivity contribution < 1.29 is 18.9 Å². The third-order valence-corrected chi connectivity index (χ3v) is 6.19. The molecule has 2 N–H and O–H groups in total. The van der Waals surface area contributed by atoms with Crippen LogP contribution in [-0.2, 0) is 13.0 Å². The highest BCUT2D eigenvalue weighted by molar-refractivity contribution is 5.86. The van der Waals surface area contributed by atoms with E-state index in [-0.39, 0.29) is 6.04 Å². The van der Waals surface area contributed by atoms with Crippen molar-refractivity contribution in [2.45, 2.75) is 19.1 Å². The Balaban J connectivity index is 1.50. The molecule has 0 fully saturated rings. The molecule has 0 unspecified atom stereocenters. The third kappa shape index (κ3) is 3.98. The monoisotopic (exact) mass is 444 g/mol. The fourth-order valence-corrected chi connectivity index (χ4v) is 4.59. The first-order valence-electron chi connectivity index (χ1n) is 11.1. The first-order valence-corrected chi connectivity index (χ1v) is 11.1. The number of methoxy groups -OCH3 is 3. The van der Waals surface area contributed by atoms with Crippen molar-refractivity contribution in [3.8, 4) is 23.0 Å². The largest absolute Gasteiger partial charge is 0.493 e. The second kappa shape index (κ2) is 9.08. The van der Waals surface area contributed by atoms with Crippen LogP contribution in [0.15, 0.2) is 60.7 Å². The predicted molar refractivity (Wildman–Crippen MR) is 129 cm³/mol. The maximum atomic E-state index is 6.08. The molecule has 0 radical (unpaired) electrons. The molecule has 1 aromatic heterocycles. The molecule has 1 aliphatic heterocycles. The molecular formula is C27H28N2O4. The molecular weight excluding hydrogens is 416 g/mol. The van der Waals surface area contributed by atoms with Crippen LogP contribution in [0.5, 0.6) is 23.0 Å². The Morgan fingerprint density at radius 1 is 0.879 bits per heavy atom. The van der Waals surface area contributed by atoms with Gasteiger partial charge in [0.25, 0.3) is 0 Å². The molecule has 5 rings (SSSR count). The zero-order chi connectivity index (χ0) is 22.8. The predicted octanol–water partition coefficient (Wildman–Crippen LogP) is 5.01. The van der Waals surface area contributed by atoms with Crippen molar-refractivity contribution in [2.75, 3.05) is 27.9 Å². The Hall–Kier alpha value is -3.64. The number of aromatic amines is 1. The van der Waals surface area contributed by atoms with Gasteiger partial charge in [-0.25, -0.2) is 0 Å². The lowest BCUT2D eigenvalue weighted by molar-refractivity contribution is 0.306. The standard InChI is InChI=1S/C27H28N2O4/c1-30-23-13-18(14-24(31-2)27(23)32-3)25-26-20(11-12-28-25)21-15-19(9-10-22(21)29-26)33-16-17-7-5-4-6-8-17/h4-10,13-15,25,28-29H,11-12,16H2,1-3H3/t25-/m1/s1. The normalized spacial score (nSPS) is 15.2. The number of hydrogen-bond acceptors (Lipinski definition) is 5. The average Bonchev–Trinajstić information content (AvgIpc) is 3.25. The lowest BCUT2D eigenvalue weighted by atomic mass is 9.94. The Kier molecular flexibility index (Phi) is 5.84. The quantitative estimate of drug-likeness (QED) is 0.420. The minimum atomic E-state index is -0.0106. The summed E-state index contributed by atoms with van der Waals surface area (Å²) >= 11 is 0. The van der Waals surface area contributed by atoms with E-state index in [2.05, 4.69) is 34.6 Å².